The van der Waals surface area contributed by atoms with Gasteiger partial charge in [-0.05, 0) is 58.1 Å². The van der Waals surface area contributed by atoms with Gasteiger partial charge in [-0.1, -0.05) is 57.5 Å². The fraction of sp³-hybridized carbons (Fsp3) is 0.421. The Kier molecular flexibility index (Phi) is 3.37. The van der Waals surface area contributed by atoms with E-state index in [2.05, 4.69) is 50.9 Å². The molecule has 2 heteroatoms. The monoisotopic (exact) mass is 299 g/mol. The molecular formula is C19H22ClN. The SMILES string of the molecule is CC1(C)CCC(C)(C)c2cc(-c3ccnc(Cl)c3)ccc21. The highest BCUT2D eigenvalue weighted by molar-refractivity contribution is 6.29. The summed E-state index contributed by atoms with van der Waals surface area (Å²) in [4.78, 5) is 4.07. The van der Waals surface area contributed by atoms with Gasteiger partial charge in [-0.15, -0.1) is 0 Å². The van der Waals surface area contributed by atoms with Crippen molar-refractivity contribution in [2.75, 3.05) is 0 Å². The van der Waals surface area contributed by atoms with Crippen molar-refractivity contribution in [3.8, 4) is 11.1 Å². The highest BCUT2D eigenvalue weighted by Gasteiger charge is 2.36. The largest absolute Gasteiger partial charge is 0.245 e. The molecule has 0 bridgehead atoms. The third-order valence-corrected chi connectivity index (χ3v) is 5.12. The molecule has 0 spiro atoms. The Balaban J connectivity index is 2.16. The zero-order chi connectivity index (χ0) is 15.3. The number of pyridine rings is 1. The second kappa shape index (κ2) is 4.84. The second-order valence-corrected chi connectivity index (χ2v) is 7.78. The Labute approximate surface area is 132 Å². The van der Waals surface area contributed by atoms with Gasteiger partial charge in [0.15, 0.2) is 0 Å². The molecule has 0 N–H and O–H groups in total. The van der Waals surface area contributed by atoms with Gasteiger partial charge in [-0.25, -0.2) is 4.98 Å². The number of rotatable bonds is 1. The molecule has 110 valence electrons. The van der Waals surface area contributed by atoms with Gasteiger partial charge >= 0.3 is 0 Å². The molecule has 1 nitrogen and oxygen atoms in total. The lowest BCUT2D eigenvalue weighted by Crippen LogP contribution is -2.33. The van der Waals surface area contributed by atoms with Gasteiger partial charge in [0.25, 0.3) is 0 Å². The number of benzene rings is 1. The van der Waals surface area contributed by atoms with Crippen LogP contribution in [-0.2, 0) is 10.8 Å². The average Bonchev–Trinajstić information content (AvgIpc) is 2.44. The van der Waals surface area contributed by atoms with E-state index in [-0.39, 0.29) is 10.8 Å². The van der Waals surface area contributed by atoms with E-state index in [0.29, 0.717) is 5.15 Å². The van der Waals surface area contributed by atoms with Crippen LogP contribution in [0.2, 0.25) is 5.15 Å². The van der Waals surface area contributed by atoms with Crippen LogP contribution in [0.5, 0.6) is 0 Å². The highest BCUT2D eigenvalue weighted by atomic mass is 35.5. The van der Waals surface area contributed by atoms with E-state index < -0.39 is 0 Å². The lowest BCUT2D eigenvalue weighted by molar-refractivity contribution is 0.332. The Bertz CT molecular complexity index is 686. The Morgan fingerprint density at radius 2 is 1.48 bits per heavy atom. The Morgan fingerprint density at radius 1 is 0.857 bits per heavy atom. The maximum Gasteiger partial charge on any atom is 0.129 e. The van der Waals surface area contributed by atoms with E-state index in [9.17, 15) is 0 Å². The van der Waals surface area contributed by atoms with E-state index >= 15 is 0 Å². The van der Waals surface area contributed by atoms with Crippen molar-refractivity contribution in [1.29, 1.82) is 0 Å². The van der Waals surface area contributed by atoms with Gasteiger partial charge in [0.1, 0.15) is 5.15 Å². The number of hydrogen-bond donors (Lipinski definition) is 0. The van der Waals surface area contributed by atoms with E-state index in [0.717, 1.165) is 5.56 Å². The quantitative estimate of drug-likeness (QED) is 0.611. The first kappa shape index (κ1) is 14.6. The third-order valence-electron chi connectivity index (χ3n) is 4.91. The van der Waals surface area contributed by atoms with Crippen molar-refractivity contribution >= 4 is 11.6 Å². The zero-order valence-electron chi connectivity index (χ0n) is 13.2. The van der Waals surface area contributed by atoms with Crippen LogP contribution in [0.25, 0.3) is 11.1 Å². The van der Waals surface area contributed by atoms with Crippen LogP contribution in [0.1, 0.15) is 51.7 Å². The second-order valence-electron chi connectivity index (χ2n) is 7.40. The van der Waals surface area contributed by atoms with Crippen molar-refractivity contribution in [3.05, 3.63) is 52.8 Å². The molecule has 0 fully saturated rings. The minimum atomic E-state index is 0.234. The summed E-state index contributed by atoms with van der Waals surface area (Å²) in [6.07, 6.45) is 4.24. The van der Waals surface area contributed by atoms with Crippen LogP contribution < -0.4 is 0 Å². The standard InChI is InChI=1S/C19H22ClN/c1-18(2)8-9-19(3,4)16-11-13(5-6-15(16)18)14-7-10-21-17(20)12-14/h5-7,10-12H,8-9H2,1-4H3. The average molecular weight is 300 g/mol. The summed E-state index contributed by atoms with van der Waals surface area (Å²) >= 11 is 6.03. The molecule has 21 heavy (non-hydrogen) atoms. The van der Waals surface area contributed by atoms with Crippen molar-refractivity contribution < 1.29 is 0 Å². The van der Waals surface area contributed by atoms with Crippen LogP contribution in [0, 0.1) is 0 Å². The summed E-state index contributed by atoms with van der Waals surface area (Å²) in [5.41, 5.74) is 5.82. The first-order chi connectivity index (χ1) is 9.79. The lowest BCUT2D eigenvalue weighted by atomic mass is 9.63. The normalized spacial score (nSPS) is 19.1. The first-order valence-corrected chi connectivity index (χ1v) is 7.94. The molecule has 0 aliphatic heterocycles. The summed E-state index contributed by atoms with van der Waals surface area (Å²) in [7, 11) is 0. The molecule has 0 atom stereocenters. The molecular weight excluding hydrogens is 278 g/mol. The molecule has 1 aliphatic rings. The fourth-order valence-electron chi connectivity index (χ4n) is 3.35. The number of halogens is 1. The molecule has 1 aliphatic carbocycles. The first-order valence-electron chi connectivity index (χ1n) is 7.57. The molecule has 0 unspecified atom stereocenters. The Hall–Kier alpha value is -1.34. The van der Waals surface area contributed by atoms with E-state index in [1.807, 2.05) is 12.1 Å². The molecule has 2 aromatic rings. The number of nitrogens with zero attached hydrogens (tertiary/aromatic N) is 1. The van der Waals surface area contributed by atoms with Crippen LogP contribution >= 0.6 is 11.6 Å². The van der Waals surface area contributed by atoms with Crippen molar-refractivity contribution in [2.45, 2.75) is 51.4 Å². The molecule has 3 rings (SSSR count). The molecule has 0 amide bonds. The van der Waals surface area contributed by atoms with Crippen molar-refractivity contribution in [3.63, 3.8) is 0 Å². The summed E-state index contributed by atoms with van der Waals surface area (Å²) in [5.74, 6) is 0. The van der Waals surface area contributed by atoms with Gasteiger partial charge in [-0.3, -0.25) is 0 Å². The van der Waals surface area contributed by atoms with Gasteiger partial charge in [-0.2, -0.15) is 0 Å². The minimum Gasteiger partial charge on any atom is -0.245 e. The van der Waals surface area contributed by atoms with Crippen LogP contribution in [0.15, 0.2) is 36.5 Å². The van der Waals surface area contributed by atoms with Crippen molar-refractivity contribution in [2.24, 2.45) is 0 Å². The van der Waals surface area contributed by atoms with Crippen LogP contribution in [-0.4, -0.2) is 4.98 Å². The predicted octanol–water partition coefficient (Wildman–Crippen LogP) is 5.75. The highest BCUT2D eigenvalue weighted by Crippen LogP contribution is 2.46. The van der Waals surface area contributed by atoms with Gasteiger partial charge in [0, 0.05) is 6.20 Å². The minimum absolute atomic E-state index is 0.234. The zero-order valence-corrected chi connectivity index (χ0v) is 14.0. The molecule has 0 radical (unpaired) electrons. The summed E-state index contributed by atoms with van der Waals surface area (Å²) in [5, 5.41) is 0.546. The molecule has 1 aromatic heterocycles. The maximum absolute atomic E-state index is 6.03. The van der Waals surface area contributed by atoms with Gasteiger partial charge in [0.2, 0.25) is 0 Å². The topological polar surface area (TPSA) is 12.9 Å². The predicted molar refractivity (Wildman–Crippen MR) is 90.0 cm³/mol. The van der Waals surface area contributed by atoms with E-state index in [1.54, 1.807) is 6.20 Å². The number of aromatic nitrogens is 1. The Morgan fingerprint density at radius 3 is 2.14 bits per heavy atom. The fourth-order valence-corrected chi connectivity index (χ4v) is 3.52. The maximum atomic E-state index is 6.03. The summed E-state index contributed by atoms with van der Waals surface area (Å²) < 4.78 is 0. The van der Waals surface area contributed by atoms with Gasteiger partial charge in [0.05, 0.1) is 0 Å². The summed E-state index contributed by atoms with van der Waals surface area (Å²) in [6.45, 7) is 9.41. The van der Waals surface area contributed by atoms with E-state index in [1.165, 1.54) is 29.5 Å². The van der Waals surface area contributed by atoms with Crippen LogP contribution in [0.3, 0.4) is 0 Å². The third kappa shape index (κ3) is 2.60. The lowest BCUT2D eigenvalue weighted by Gasteiger charge is -2.42. The molecule has 0 saturated carbocycles. The van der Waals surface area contributed by atoms with E-state index in [4.69, 9.17) is 11.6 Å². The summed E-state index contributed by atoms with van der Waals surface area (Å²) in [6, 6.07) is 10.8. The molecule has 1 aromatic carbocycles. The van der Waals surface area contributed by atoms with Crippen LogP contribution in [0.4, 0.5) is 0 Å². The molecule has 0 saturated heterocycles. The number of hydrogen-bond acceptors (Lipinski definition) is 1. The smallest absolute Gasteiger partial charge is 0.129 e. The van der Waals surface area contributed by atoms with Crippen molar-refractivity contribution in [1.82, 2.24) is 4.98 Å². The molecule has 1 heterocycles. The number of fused-ring (bicyclic) bond motifs is 1. The van der Waals surface area contributed by atoms with Gasteiger partial charge < -0.3 is 0 Å².